The molecule has 0 aliphatic heterocycles. The molecule has 0 saturated carbocycles. The lowest BCUT2D eigenvalue weighted by molar-refractivity contribution is -0.121. The molecular formula is C14H26IN5O. The van der Waals surface area contributed by atoms with Gasteiger partial charge in [-0.15, -0.1) is 24.0 Å². The van der Waals surface area contributed by atoms with Gasteiger partial charge >= 0.3 is 0 Å². The molecule has 6 nitrogen and oxygen atoms in total. The molecule has 1 aromatic rings. The Bertz CT molecular complexity index is 417. The summed E-state index contributed by atoms with van der Waals surface area (Å²) < 4.78 is 2.09. The fourth-order valence-corrected chi connectivity index (χ4v) is 1.73. The van der Waals surface area contributed by atoms with Gasteiger partial charge in [0.25, 0.3) is 0 Å². The predicted octanol–water partition coefficient (Wildman–Crippen LogP) is 1.19. The van der Waals surface area contributed by atoms with Gasteiger partial charge in [-0.2, -0.15) is 0 Å². The van der Waals surface area contributed by atoms with E-state index in [0.29, 0.717) is 13.0 Å². The Balaban J connectivity index is 0.00000400. The van der Waals surface area contributed by atoms with Crippen molar-refractivity contribution in [2.45, 2.75) is 32.9 Å². The Morgan fingerprint density at radius 1 is 1.19 bits per heavy atom. The molecule has 1 aromatic heterocycles. The molecule has 0 saturated heterocycles. The van der Waals surface area contributed by atoms with Gasteiger partial charge in [0, 0.05) is 51.5 Å². The van der Waals surface area contributed by atoms with Crippen LogP contribution in [0.2, 0.25) is 0 Å². The summed E-state index contributed by atoms with van der Waals surface area (Å²) in [6.45, 7) is 6.13. The van der Waals surface area contributed by atoms with Crippen LogP contribution in [0.15, 0.2) is 29.5 Å². The zero-order valence-corrected chi connectivity index (χ0v) is 15.3. The molecule has 7 heteroatoms. The molecule has 0 radical (unpaired) electrons. The Morgan fingerprint density at radius 2 is 1.81 bits per heavy atom. The molecular weight excluding hydrogens is 381 g/mol. The zero-order chi connectivity index (χ0) is 14.8. The second-order valence-corrected chi connectivity index (χ2v) is 4.82. The minimum atomic E-state index is 0. The summed E-state index contributed by atoms with van der Waals surface area (Å²) >= 11 is 0. The van der Waals surface area contributed by atoms with Crippen LogP contribution in [0.4, 0.5) is 0 Å². The van der Waals surface area contributed by atoms with Gasteiger partial charge in [-0.1, -0.05) is 0 Å². The standard InChI is InChI=1S/C14H25N5O.HI/c1-12(2)18-13(20)6-7-16-14(15-3)17-8-11-19-9-4-5-10-19;/h4-5,9-10,12H,6-8,11H2,1-3H3,(H,18,20)(H2,15,16,17);1H. The molecule has 0 fully saturated rings. The maximum Gasteiger partial charge on any atom is 0.221 e. The minimum Gasteiger partial charge on any atom is -0.356 e. The quantitative estimate of drug-likeness (QED) is 0.361. The van der Waals surface area contributed by atoms with Gasteiger partial charge in [0.2, 0.25) is 5.91 Å². The molecule has 0 atom stereocenters. The van der Waals surface area contributed by atoms with E-state index < -0.39 is 0 Å². The van der Waals surface area contributed by atoms with Gasteiger partial charge in [0.05, 0.1) is 0 Å². The molecule has 1 amide bonds. The third-order valence-electron chi connectivity index (χ3n) is 2.65. The summed E-state index contributed by atoms with van der Waals surface area (Å²) in [4.78, 5) is 15.6. The average Bonchev–Trinajstić information content (AvgIpc) is 2.89. The van der Waals surface area contributed by atoms with Crippen LogP contribution >= 0.6 is 24.0 Å². The molecule has 3 N–H and O–H groups in total. The number of aromatic nitrogens is 1. The number of carbonyl (C=O) groups is 1. The zero-order valence-electron chi connectivity index (χ0n) is 12.9. The Labute approximate surface area is 143 Å². The maximum absolute atomic E-state index is 11.5. The first-order chi connectivity index (χ1) is 9.61. The van der Waals surface area contributed by atoms with Crippen LogP contribution in [0.3, 0.4) is 0 Å². The monoisotopic (exact) mass is 407 g/mol. The van der Waals surface area contributed by atoms with Crippen molar-refractivity contribution < 1.29 is 4.79 Å². The molecule has 1 heterocycles. The maximum atomic E-state index is 11.5. The van der Waals surface area contributed by atoms with E-state index in [0.717, 1.165) is 19.0 Å². The lowest BCUT2D eigenvalue weighted by Gasteiger charge is -2.13. The molecule has 0 aliphatic carbocycles. The Hall–Kier alpha value is -1.25. The van der Waals surface area contributed by atoms with Crippen molar-refractivity contribution in [2.75, 3.05) is 20.1 Å². The Morgan fingerprint density at radius 3 is 2.38 bits per heavy atom. The summed E-state index contributed by atoms with van der Waals surface area (Å²) in [7, 11) is 1.72. The van der Waals surface area contributed by atoms with E-state index in [1.807, 2.05) is 38.4 Å². The van der Waals surface area contributed by atoms with Crippen molar-refractivity contribution in [2.24, 2.45) is 4.99 Å². The van der Waals surface area contributed by atoms with E-state index in [-0.39, 0.29) is 35.9 Å². The van der Waals surface area contributed by atoms with E-state index in [9.17, 15) is 4.79 Å². The first-order valence-electron chi connectivity index (χ1n) is 6.96. The number of nitrogens with zero attached hydrogens (tertiary/aromatic N) is 2. The first kappa shape index (κ1) is 19.8. The smallest absolute Gasteiger partial charge is 0.221 e. The number of hydrogen-bond acceptors (Lipinski definition) is 2. The second kappa shape index (κ2) is 11.4. The van der Waals surface area contributed by atoms with Crippen molar-refractivity contribution in [3.05, 3.63) is 24.5 Å². The predicted molar refractivity (Wildman–Crippen MR) is 97.1 cm³/mol. The number of nitrogens with one attached hydrogen (secondary N) is 3. The summed E-state index contributed by atoms with van der Waals surface area (Å²) in [5.41, 5.74) is 0. The molecule has 0 aromatic carbocycles. The largest absolute Gasteiger partial charge is 0.356 e. The highest BCUT2D eigenvalue weighted by atomic mass is 127. The summed E-state index contributed by atoms with van der Waals surface area (Å²) in [5.74, 6) is 0.768. The highest BCUT2D eigenvalue weighted by Crippen LogP contribution is 1.88. The van der Waals surface area contributed by atoms with Crippen LogP contribution in [-0.4, -0.2) is 42.6 Å². The van der Waals surface area contributed by atoms with E-state index in [1.165, 1.54) is 0 Å². The number of halogens is 1. The van der Waals surface area contributed by atoms with E-state index in [2.05, 4.69) is 25.5 Å². The van der Waals surface area contributed by atoms with Crippen LogP contribution in [-0.2, 0) is 11.3 Å². The van der Waals surface area contributed by atoms with Crippen molar-refractivity contribution in [3.8, 4) is 0 Å². The van der Waals surface area contributed by atoms with Crippen LogP contribution < -0.4 is 16.0 Å². The number of aliphatic imine (C=N–C) groups is 1. The number of guanidine groups is 1. The SMILES string of the molecule is CN=C(NCCC(=O)NC(C)C)NCCn1cccc1.I. The molecule has 21 heavy (non-hydrogen) atoms. The molecule has 0 bridgehead atoms. The Kier molecular flexibility index (Phi) is 10.7. The van der Waals surface area contributed by atoms with Crippen molar-refractivity contribution in [1.82, 2.24) is 20.5 Å². The highest BCUT2D eigenvalue weighted by Gasteiger charge is 2.03. The number of rotatable bonds is 7. The van der Waals surface area contributed by atoms with Gasteiger partial charge in [-0.05, 0) is 26.0 Å². The molecule has 0 unspecified atom stereocenters. The third kappa shape index (κ3) is 9.33. The molecule has 120 valence electrons. The molecule has 0 spiro atoms. The number of carbonyl (C=O) groups excluding carboxylic acids is 1. The van der Waals surface area contributed by atoms with Gasteiger partial charge in [0.15, 0.2) is 5.96 Å². The molecule has 1 rings (SSSR count). The first-order valence-corrected chi connectivity index (χ1v) is 6.96. The van der Waals surface area contributed by atoms with Gasteiger partial charge < -0.3 is 20.5 Å². The van der Waals surface area contributed by atoms with Crippen LogP contribution in [0.25, 0.3) is 0 Å². The van der Waals surface area contributed by atoms with Crippen molar-refractivity contribution >= 4 is 35.8 Å². The fraction of sp³-hybridized carbons (Fsp3) is 0.571. The topological polar surface area (TPSA) is 70.4 Å². The minimum absolute atomic E-state index is 0. The van der Waals surface area contributed by atoms with Crippen LogP contribution in [0, 0.1) is 0 Å². The number of hydrogen-bond donors (Lipinski definition) is 3. The summed E-state index contributed by atoms with van der Waals surface area (Å²) in [6.07, 6.45) is 4.48. The van der Waals surface area contributed by atoms with Crippen LogP contribution in [0.1, 0.15) is 20.3 Å². The summed E-state index contributed by atoms with van der Waals surface area (Å²) in [5, 5.41) is 9.18. The van der Waals surface area contributed by atoms with E-state index in [4.69, 9.17) is 0 Å². The third-order valence-corrected chi connectivity index (χ3v) is 2.65. The highest BCUT2D eigenvalue weighted by molar-refractivity contribution is 14.0. The number of amides is 1. The lowest BCUT2D eigenvalue weighted by Crippen LogP contribution is -2.41. The van der Waals surface area contributed by atoms with Gasteiger partial charge in [-0.3, -0.25) is 9.79 Å². The van der Waals surface area contributed by atoms with Crippen molar-refractivity contribution in [1.29, 1.82) is 0 Å². The van der Waals surface area contributed by atoms with Gasteiger partial charge in [-0.25, -0.2) is 0 Å². The van der Waals surface area contributed by atoms with Gasteiger partial charge in [0.1, 0.15) is 0 Å². The van der Waals surface area contributed by atoms with Crippen LogP contribution in [0.5, 0.6) is 0 Å². The lowest BCUT2D eigenvalue weighted by atomic mass is 10.3. The fourth-order valence-electron chi connectivity index (χ4n) is 1.73. The summed E-state index contributed by atoms with van der Waals surface area (Å²) in [6, 6.07) is 4.18. The second-order valence-electron chi connectivity index (χ2n) is 4.82. The van der Waals surface area contributed by atoms with Crippen molar-refractivity contribution in [3.63, 3.8) is 0 Å². The van der Waals surface area contributed by atoms with E-state index in [1.54, 1.807) is 7.05 Å². The van der Waals surface area contributed by atoms with E-state index >= 15 is 0 Å². The normalized spacial score (nSPS) is 11.0. The average molecular weight is 407 g/mol. The molecule has 0 aliphatic rings.